The Balaban J connectivity index is 1.63. The summed E-state index contributed by atoms with van der Waals surface area (Å²) < 4.78 is 0. The van der Waals surface area contributed by atoms with E-state index >= 15 is 0 Å². The van der Waals surface area contributed by atoms with Crippen LogP contribution in [0.15, 0.2) is 23.8 Å². The molecule has 0 amide bonds. The average molecular weight is 302 g/mol. The van der Waals surface area contributed by atoms with Gasteiger partial charge in [0.05, 0.1) is 6.10 Å². The van der Waals surface area contributed by atoms with E-state index in [9.17, 15) is 9.90 Å². The monoisotopic (exact) mass is 302 g/mol. The zero-order valence-electron chi connectivity index (χ0n) is 14.0. The average Bonchev–Trinajstić information content (AvgIpc) is 2.45. The molecule has 6 atom stereocenters. The Hall–Kier alpha value is -0.890. The summed E-state index contributed by atoms with van der Waals surface area (Å²) >= 11 is 0. The van der Waals surface area contributed by atoms with Gasteiger partial charge in [-0.2, -0.15) is 0 Å². The van der Waals surface area contributed by atoms with Gasteiger partial charge in [0.25, 0.3) is 0 Å². The van der Waals surface area contributed by atoms with Gasteiger partial charge in [-0.25, -0.2) is 0 Å². The molecular weight excluding hydrogens is 272 g/mol. The number of fused-ring (bicyclic) bond motifs is 1. The molecule has 1 unspecified atom stereocenters. The highest BCUT2D eigenvalue weighted by Crippen LogP contribution is 2.44. The van der Waals surface area contributed by atoms with Crippen molar-refractivity contribution in [2.75, 3.05) is 0 Å². The van der Waals surface area contributed by atoms with Crippen LogP contribution in [-0.4, -0.2) is 17.0 Å². The molecule has 1 fully saturated rings. The van der Waals surface area contributed by atoms with Crippen LogP contribution in [0.3, 0.4) is 0 Å². The van der Waals surface area contributed by atoms with Crippen LogP contribution >= 0.6 is 0 Å². The van der Waals surface area contributed by atoms with Crippen molar-refractivity contribution in [1.29, 1.82) is 0 Å². The van der Waals surface area contributed by atoms with E-state index in [0.717, 1.165) is 30.6 Å². The maximum absolute atomic E-state index is 11.7. The van der Waals surface area contributed by atoms with Crippen molar-refractivity contribution in [3.05, 3.63) is 23.8 Å². The van der Waals surface area contributed by atoms with Gasteiger partial charge in [0.2, 0.25) is 0 Å². The number of hydrogen-bond acceptors (Lipinski definition) is 2. The molecule has 0 radical (unpaired) electrons. The Bertz CT molecular complexity index is 476. The van der Waals surface area contributed by atoms with E-state index in [0.29, 0.717) is 24.7 Å². The van der Waals surface area contributed by atoms with Crippen molar-refractivity contribution in [1.82, 2.24) is 0 Å². The van der Waals surface area contributed by atoms with Crippen molar-refractivity contribution in [2.45, 2.75) is 64.9 Å². The molecule has 2 nitrogen and oxygen atoms in total. The number of carbonyl (C=O) groups excluding carboxylic acids is 1. The third-order valence-corrected chi connectivity index (χ3v) is 6.12. The van der Waals surface area contributed by atoms with Crippen molar-refractivity contribution < 1.29 is 9.90 Å². The highest BCUT2D eigenvalue weighted by atomic mass is 16.3. The summed E-state index contributed by atoms with van der Waals surface area (Å²) in [6, 6.07) is 0. The fraction of sp³-hybridized carbons (Fsp3) is 0.750. The van der Waals surface area contributed by atoms with E-state index in [4.69, 9.17) is 0 Å². The molecule has 0 spiro atoms. The SMILES string of the molecule is C[C@H]1C=C2C=C[C@H](C)[C@H](CCC3CC(=O)C[C@H](O)C3)[C@H]2CC1. The first kappa shape index (κ1) is 16.0. The molecule has 0 heterocycles. The highest BCUT2D eigenvalue weighted by molar-refractivity contribution is 5.79. The van der Waals surface area contributed by atoms with Gasteiger partial charge in [-0.15, -0.1) is 0 Å². The fourth-order valence-corrected chi connectivity index (χ4v) is 4.89. The lowest BCUT2D eigenvalue weighted by Gasteiger charge is -2.39. The summed E-state index contributed by atoms with van der Waals surface area (Å²) in [6.45, 7) is 4.66. The van der Waals surface area contributed by atoms with E-state index in [1.165, 1.54) is 19.3 Å². The molecule has 0 aromatic heterocycles. The number of ketones is 1. The fourth-order valence-electron chi connectivity index (χ4n) is 4.89. The maximum Gasteiger partial charge on any atom is 0.135 e. The number of Topliss-reactive ketones (excluding diaryl/α,β-unsaturated/α-hetero) is 1. The number of rotatable bonds is 3. The summed E-state index contributed by atoms with van der Waals surface area (Å²) in [7, 11) is 0. The Kier molecular flexibility index (Phi) is 4.87. The van der Waals surface area contributed by atoms with Gasteiger partial charge in [0, 0.05) is 12.8 Å². The molecule has 1 saturated carbocycles. The Morgan fingerprint density at radius 2 is 2.00 bits per heavy atom. The summed E-state index contributed by atoms with van der Waals surface area (Å²) in [5.74, 6) is 3.46. The predicted molar refractivity (Wildman–Crippen MR) is 89.4 cm³/mol. The number of carbonyl (C=O) groups is 1. The molecule has 1 N–H and O–H groups in total. The van der Waals surface area contributed by atoms with Gasteiger partial charge >= 0.3 is 0 Å². The lowest BCUT2D eigenvalue weighted by molar-refractivity contribution is -0.124. The van der Waals surface area contributed by atoms with Crippen molar-refractivity contribution in [3.8, 4) is 0 Å². The van der Waals surface area contributed by atoms with Crippen LogP contribution in [0.4, 0.5) is 0 Å². The minimum Gasteiger partial charge on any atom is -0.393 e. The lowest BCUT2D eigenvalue weighted by Crippen LogP contribution is -2.30. The number of aliphatic hydroxyl groups excluding tert-OH is 1. The summed E-state index contributed by atoms with van der Waals surface area (Å²) in [6.07, 6.45) is 13.7. The first-order chi connectivity index (χ1) is 10.5. The Morgan fingerprint density at radius 1 is 1.18 bits per heavy atom. The molecule has 22 heavy (non-hydrogen) atoms. The molecule has 0 bridgehead atoms. The second-order valence-corrected chi connectivity index (χ2v) is 7.99. The van der Waals surface area contributed by atoms with Crippen LogP contribution in [0.25, 0.3) is 0 Å². The number of allylic oxidation sites excluding steroid dienone is 4. The molecule has 0 aliphatic heterocycles. The summed E-state index contributed by atoms with van der Waals surface area (Å²) in [5, 5.41) is 9.81. The van der Waals surface area contributed by atoms with Gasteiger partial charge in [0.1, 0.15) is 5.78 Å². The van der Waals surface area contributed by atoms with Crippen LogP contribution in [0.5, 0.6) is 0 Å². The van der Waals surface area contributed by atoms with E-state index < -0.39 is 0 Å². The molecule has 0 aromatic rings. The van der Waals surface area contributed by atoms with E-state index in [1.54, 1.807) is 5.57 Å². The standard InChI is InChI=1S/C20H30O2/c1-13-3-7-20-16(9-13)6-4-14(2)19(20)8-5-15-10-17(21)12-18(22)11-15/h4,6,9,13-15,17,19-21H,3,5,7-8,10-12H2,1-2H3/t13-,14+,15?,17-,19+,20+/m1/s1. The molecule has 3 rings (SSSR count). The third-order valence-electron chi connectivity index (χ3n) is 6.12. The first-order valence-electron chi connectivity index (χ1n) is 9.12. The van der Waals surface area contributed by atoms with Gasteiger partial charge in [-0.05, 0) is 67.3 Å². The second kappa shape index (κ2) is 6.70. The molecule has 3 aliphatic carbocycles. The van der Waals surface area contributed by atoms with E-state index in [2.05, 4.69) is 32.1 Å². The first-order valence-corrected chi connectivity index (χ1v) is 9.12. The van der Waals surface area contributed by atoms with Crippen molar-refractivity contribution in [3.63, 3.8) is 0 Å². The summed E-state index contributed by atoms with van der Waals surface area (Å²) in [4.78, 5) is 11.7. The smallest absolute Gasteiger partial charge is 0.135 e. The number of hydrogen-bond donors (Lipinski definition) is 1. The lowest BCUT2D eigenvalue weighted by atomic mass is 9.66. The normalized spacial score (nSPS) is 42.0. The van der Waals surface area contributed by atoms with Crippen LogP contribution < -0.4 is 0 Å². The van der Waals surface area contributed by atoms with Gasteiger partial charge < -0.3 is 5.11 Å². The van der Waals surface area contributed by atoms with Crippen molar-refractivity contribution >= 4 is 5.78 Å². The molecule has 0 saturated heterocycles. The Morgan fingerprint density at radius 3 is 2.77 bits per heavy atom. The zero-order valence-corrected chi connectivity index (χ0v) is 14.0. The van der Waals surface area contributed by atoms with Gasteiger partial charge in [-0.1, -0.05) is 32.1 Å². The maximum atomic E-state index is 11.7. The minimum absolute atomic E-state index is 0.257. The largest absolute Gasteiger partial charge is 0.393 e. The zero-order chi connectivity index (χ0) is 15.7. The second-order valence-electron chi connectivity index (χ2n) is 7.99. The quantitative estimate of drug-likeness (QED) is 0.844. The summed E-state index contributed by atoms with van der Waals surface area (Å²) in [5.41, 5.74) is 1.56. The molecule has 3 aliphatic rings. The minimum atomic E-state index is -0.388. The van der Waals surface area contributed by atoms with Crippen LogP contribution in [0.2, 0.25) is 0 Å². The van der Waals surface area contributed by atoms with Crippen LogP contribution in [0.1, 0.15) is 58.8 Å². The van der Waals surface area contributed by atoms with Crippen LogP contribution in [0, 0.1) is 29.6 Å². The van der Waals surface area contributed by atoms with Crippen LogP contribution in [-0.2, 0) is 4.79 Å². The predicted octanol–water partition coefficient (Wildman–Crippen LogP) is 4.29. The molecule has 2 heteroatoms. The molecular formula is C20H30O2. The van der Waals surface area contributed by atoms with Gasteiger partial charge in [0.15, 0.2) is 0 Å². The van der Waals surface area contributed by atoms with E-state index in [-0.39, 0.29) is 11.9 Å². The van der Waals surface area contributed by atoms with Gasteiger partial charge in [-0.3, -0.25) is 4.79 Å². The number of aliphatic hydroxyl groups is 1. The van der Waals surface area contributed by atoms with E-state index in [1.807, 2.05) is 0 Å². The van der Waals surface area contributed by atoms with Crippen molar-refractivity contribution in [2.24, 2.45) is 29.6 Å². The topological polar surface area (TPSA) is 37.3 Å². The Labute approximate surface area is 134 Å². The molecule has 122 valence electrons. The third kappa shape index (κ3) is 3.53. The molecule has 0 aromatic carbocycles. The highest BCUT2D eigenvalue weighted by Gasteiger charge is 2.34.